The Morgan fingerprint density at radius 1 is 1.52 bits per heavy atom. The number of aryl methyl sites for hydroxylation is 1. The van der Waals surface area contributed by atoms with Crippen molar-refractivity contribution < 1.29 is 4.74 Å². The predicted octanol–water partition coefficient (Wildman–Crippen LogP) is 2.47. The van der Waals surface area contributed by atoms with Crippen molar-refractivity contribution in [1.82, 2.24) is 15.2 Å². The summed E-state index contributed by atoms with van der Waals surface area (Å²) in [7, 11) is 1.69. The van der Waals surface area contributed by atoms with Gasteiger partial charge >= 0.3 is 0 Å². The van der Waals surface area contributed by atoms with Crippen LogP contribution >= 0.6 is 35.3 Å². The fraction of sp³-hybridized carbons (Fsp3) is 0.765. The lowest BCUT2D eigenvalue weighted by Gasteiger charge is -2.30. The predicted molar refractivity (Wildman–Crippen MR) is 116 cm³/mol. The van der Waals surface area contributed by atoms with Crippen LogP contribution in [-0.2, 0) is 17.7 Å². The summed E-state index contributed by atoms with van der Waals surface area (Å²) in [4.78, 5) is 11.7. The molecule has 1 unspecified atom stereocenters. The third-order valence-corrected chi connectivity index (χ3v) is 5.37. The van der Waals surface area contributed by atoms with E-state index in [2.05, 4.69) is 32.5 Å². The molecule has 1 atom stereocenters. The molecule has 144 valence electrons. The van der Waals surface area contributed by atoms with Crippen LogP contribution in [0, 0.1) is 5.92 Å². The molecule has 2 heterocycles. The van der Waals surface area contributed by atoms with E-state index in [4.69, 9.17) is 10.5 Å². The first-order chi connectivity index (χ1) is 11.6. The first-order valence-corrected chi connectivity index (χ1v) is 9.69. The monoisotopic (exact) mass is 481 g/mol. The molecule has 0 aliphatic carbocycles. The van der Waals surface area contributed by atoms with Crippen LogP contribution < -0.4 is 11.1 Å². The fourth-order valence-corrected chi connectivity index (χ4v) is 3.69. The molecule has 2 rings (SSSR count). The fourth-order valence-electron chi connectivity index (χ4n) is 2.96. The number of ether oxygens (including phenoxy) is 1. The Morgan fingerprint density at radius 3 is 2.84 bits per heavy atom. The number of nitrogens with one attached hydrogen (secondary N) is 1. The molecule has 1 aromatic rings. The van der Waals surface area contributed by atoms with Crippen LogP contribution in [-0.4, -0.2) is 55.2 Å². The Kier molecular flexibility index (Phi) is 10.9. The van der Waals surface area contributed by atoms with E-state index >= 15 is 0 Å². The van der Waals surface area contributed by atoms with E-state index in [1.807, 2.05) is 6.92 Å². The summed E-state index contributed by atoms with van der Waals surface area (Å²) in [6.07, 6.45) is 3.38. The van der Waals surface area contributed by atoms with Gasteiger partial charge in [-0.15, -0.1) is 35.3 Å². The van der Waals surface area contributed by atoms with E-state index in [-0.39, 0.29) is 30.0 Å². The summed E-state index contributed by atoms with van der Waals surface area (Å²) in [6, 6.07) is 0.187. The van der Waals surface area contributed by atoms with Crippen molar-refractivity contribution in [1.29, 1.82) is 0 Å². The van der Waals surface area contributed by atoms with Gasteiger partial charge in [0.05, 0.1) is 17.3 Å². The highest BCUT2D eigenvalue weighted by Crippen LogP contribution is 2.20. The van der Waals surface area contributed by atoms with Crippen molar-refractivity contribution in [2.75, 3.05) is 33.4 Å². The normalized spacial score (nSPS) is 18.0. The van der Waals surface area contributed by atoms with Gasteiger partial charge in [0.15, 0.2) is 5.96 Å². The van der Waals surface area contributed by atoms with E-state index in [0.29, 0.717) is 18.5 Å². The Morgan fingerprint density at radius 2 is 2.24 bits per heavy atom. The second-order valence-electron chi connectivity index (χ2n) is 6.53. The smallest absolute Gasteiger partial charge is 0.188 e. The van der Waals surface area contributed by atoms with E-state index in [1.54, 1.807) is 18.4 Å². The van der Waals surface area contributed by atoms with Crippen LogP contribution in [0.3, 0.4) is 0 Å². The Balaban J connectivity index is 0.00000312. The van der Waals surface area contributed by atoms with Crippen molar-refractivity contribution in [3.63, 3.8) is 0 Å². The molecule has 0 amide bonds. The molecule has 3 N–H and O–H groups in total. The van der Waals surface area contributed by atoms with Gasteiger partial charge in [-0.1, -0.05) is 6.92 Å². The number of hydrogen-bond donors (Lipinski definition) is 2. The zero-order valence-electron chi connectivity index (χ0n) is 15.5. The number of halogens is 1. The zero-order valence-corrected chi connectivity index (χ0v) is 18.7. The van der Waals surface area contributed by atoms with Gasteiger partial charge in [-0.05, 0) is 45.2 Å². The van der Waals surface area contributed by atoms with Crippen molar-refractivity contribution in [3.05, 3.63) is 16.1 Å². The maximum atomic E-state index is 5.93. The van der Waals surface area contributed by atoms with Crippen LogP contribution in [0.1, 0.15) is 37.4 Å². The van der Waals surface area contributed by atoms with Crippen molar-refractivity contribution in [2.24, 2.45) is 16.6 Å². The van der Waals surface area contributed by atoms with Gasteiger partial charge in [-0.25, -0.2) is 4.98 Å². The van der Waals surface area contributed by atoms with Gasteiger partial charge in [0.1, 0.15) is 0 Å². The number of piperidine rings is 1. The number of guanidine groups is 1. The Hall–Kier alpha value is -0.450. The molecule has 1 saturated heterocycles. The van der Waals surface area contributed by atoms with Gasteiger partial charge in [0.2, 0.25) is 0 Å². The summed E-state index contributed by atoms with van der Waals surface area (Å²) in [5.41, 5.74) is 7.15. The van der Waals surface area contributed by atoms with Gasteiger partial charge in [-0.2, -0.15) is 0 Å². The number of nitrogens with two attached hydrogens (primary N) is 1. The van der Waals surface area contributed by atoms with Crippen molar-refractivity contribution in [2.45, 2.75) is 45.7 Å². The molecule has 0 bridgehead atoms. The Bertz CT molecular complexity index is 517. The minimum absolute atomic E-state index is 0. The number of aliphatic imine (C=N–C) groups is 1. The third kappa shape index (κ3) is 8.19. The number of rotatable bonds is 8. The van der Waals surface area contributed by atoms with Crippen molar-refractivity contribution >= 4 is 41.3 Å². The van der Waals surface area contributed by atoms with Crippen LogP contribution in [0.5, 0.6) is 0 Å². The molecular weight excluding hydrogens is 449 g/mol. The van der Waals surface area contributed by atoms with Crippen LogP contribution in [0.2, 0.25) is 0 Å². The number of likely N-dealkylation sites (tertiary alicyclic amines) is 1. The van der Waals surface area contributed by atoms with Crippen molar-refractivity contribution in [3.8, 4) is 0 Å². The van der Waals surface area contributed by atoms with Crippen LogP contribution in [0.4, 0.5) is 0 Å². The molecule has 0 saturated carbocycles. The SMILES string of the molecule is CCc1nc(CN2CCC(CN=C(N)NC(C)COC)CC2)cs1.I. The molecule has 0 spiro atoms. The standard InChI is InChI=1S/C17H31N5OS.HI/c1-4-16-21-15(12-24-16)10-22-7-5-14(6-8-22)9-19-17(18)20-13(2)11-23-3;/h12-14H,4-11H2,1-3H3,(H3,18,19,20);1H. The van der Waals surface area contributed by atoms with E-state index < -0.39 is 0 Å². The van der Waals surface area contributed by atoms with Gasteiger partial charge in [0.25, 0.3) is 0 Å². The minimum Gasteiger partial charge on any atom is -0.383 e. The lowest BCUT2D eigenvalue weighted by molar-refractivity contribution is 0.177. The number of nitrogens with zero attached hydrogens (tertiary/aromatic N) is 3. The van der Waals surface area contributed by atoms with Gasteiger partial charge < -0.3 is 15.8 Å². The summed E-state index contributed by atoms with van der Waals surface area (Å²) in [5, 5.41) is 6.59. The molecule has 0 aromatic carbocycles. The zero-order chi connectivity index (χ0) is 17.4. The second kappa shape index (κ2) is 12.0. The quantitative estimate of drug-likeness (QED) is 0.339. The minimum atomic E-state index is 0. The number of hydrogen-bond acceptors (Lipinski definition) is 5. The average Bonchev–Trinajstić information content (AvgIpc) is 3.02. The summed E-state index contributed by atoms with van der Waals surface area (Å²) in [6.45, 7) is 8.84. The van der Waals surface area contributed by atoms with E-state index in [9.17, 15) is 0 Å². The first-order valence-electron chi connectivity index (χ1n) is 8.81. The lowest BCUT2D eigenvalue weighted by atomic mass is 9.97. The first kappa shape index (κ1) is 22.6. The highest BCUT2D eigenvalue weighted by atomic mass is 127. The molecule has 1 fully saturated rings. The maximum Gasteiger partial charge on any atom is 0.188 e. The molecular formula is C17H32IN5OS. The molecule has 1 aliphatic rings. The third-order valence-electron chi connectivity index (χ3n) is 4.33. The molecule has 25 heavy (non-hydrogen) atoms. The molecule has 8 heteroatoms. The van der Waals surface area contributed by atoms with Crippen LogP contribution in [0.25, 0.3) is 0 Å². The largest absolute Gasteiger partial charge is 0.383 e. The molecule has 6 nitrogen and oxygen atoms in total. The maximum absolute atomic E-state index is 5.93. The highest BCUT2D eigenvalue weighted by Gasteiger charge is 2.19. The highest BCUT2D eigenvalue weighted by molar-refractivity contribution is 14.0. The van der Waals surface area contributed by atoms with E-state index in [0.717, 1.165) is 32.6 Å². The van der Waals surface area contributed by atoms with Crippen LogP contribution in [0.15, 0.2) is 10.4 Å². The number of aromatic nitrogens is 1. The topological polar surface area (TPSA) is 75.8 Å². The number of methoxy groups -OCH3 is 1. The lowest BCUT2D eigenvalue weighted by Crippen LogP contribution is -2.41. The Labute approximate surface area is 172 Å². The molecule has 1 aliphatic heterocycles. The van der Waals surface area contributed by atoms with E-state index in [1.165, 1.54) is 23.5 Å². The molecule has 1 aromatic heterocycles. The average molecular weight is 481 g/mol. The second-order valence-corrected chi connectivity index (χ2v) is 7.47. The molecule has 0 radical (unpaired) electrons. The summed E-state index contributed by atoms with van der Waals surface area (Å²) < 4.78 is 5.09. The van der Waals surface area contributed by atoms with Gasteiger partial charge in [0, 0.05) is 31.6 Å². The summed E-state index contributed by atoms with van der Waals surface area (Å²) in [5.74, 6) is 1.15. The summed E-state index contributed by atoms with van der Waals surface area (Å²) >= 11 is 1.77. The number of thiazole rings is 1. The van der Waals surface area contributed by atoms with Gasteiger partial charge in [-0.3, -0.25) is 9.89 Å².